The monoisotopic (exact) mass is 405 g/mol. The van der Waals surface area contributed by atoms with Crippen LogP contribution in [0.5, 0.6) is 11.5 Å². The maximum atomic E-state index is 14.4. The van der Waals surface area contributed by atoms with E-state index in [0.29, 0.717) is 17.7 Å². The van der Waals surface area contributed by atoms with Gasteiger partial charge in [-0.1, -0.05) is 24.3 Å². The van der Waals surface area contributed by atoms with Gasteiger partial charge >= 0.3 is 0 Å². The highest BCUT2D eigenvalue weighted by atomic mass is 19.1. The highest BCUT2D eigenvalue weighted by Crippen LogP contribution is 2.32. The molecule has 2 heterocycles. The van der Waals surface area contributed by atoms with Crippen LogP contribution in [0.1, 0.15) is 18.1 Å². The molecule has 0 spiro atoms. The summed E-state index contributed by atoms with van der Waals surface area (Å²) in [5.74, 6) is -0.501. The average Bonchev–Trinajstić information content (AvgIpc) is 3.14. The fourth-order valence-electron chi connectivity index (χ4n) is 3.56. The number of hydrogen-bond acceptors (Lipinski definition) is 4. The molecule has 4 rings (SSSR count). The number of amides is 2. The second kappa shape index (κ2) is 8.32. The summed E-state index contributed by atoms with van der Waals surface area (Å²) in [7, 11) is 0. The third kappa shape index (κ3) is 4.00. The zero-order valence-electron chi connectivity index (χ0n) is 16.3. The van der Waals surface area contributed by atoms with Gasteiger partial charge in [0.15, 0.2) is 11.6 Å². The third-order valence-corrected chi connectivity index (χ3v) is 4.94. The number of nitrogens with zero attached hydrogens (tertiary/aromatic N) is 2. The Morgan fingerprint density at radius 3 is 2.77 bits per heavy atom. The van der Waals surface area contributed by atoms with Crippen LogP contribution in [0, 0.1) is 5.82 Å². The quantitative estimate of drug-likeness (QED) is 0.704. The number of rotatable bonds is 5. The maximum Gasteiger partial charge on any atom is 0.243 e. The number of aromatic nitrogens is 1. The lowest BCUT2D eigenvalue weighted by Crippen LogP contribution is -2.47. The Kier molecular flexibility index (Phi) is 5.43. The molecule has 1 aromatic heterocycles. The van der Waals surface area contributed by atoms with Crippen molar-refractivity contribution in [1.29, 1.82) is 0 Å². The number of benzene rings is 2. The second-order valence-corrected chi connectivity index (χ2v) is 7.01. The summed E-state index contributed by atoms with van der Waals surface area (Å²) >= 11 is 0. The summed E-state index contributed by atoms with van der Waals surface area (Å²) in [5, 5.41) is 2.81. The van der Waals surface area contributed by atoms with Gasteiger partial charge in [0.2, 0.25) is 11.8 Å². The minimum absolute atomic E-state index is 0.0760. The van der Waals surface area contributed by atoms with E-state index < -0.39 is 11.9 Å². The first-order valence-corrected chi connectivity index (χ1v) is 9.54. The minimum Gasteiger partial charge on any atom is -0.453 e. The van der Waals surface area contributed by atoms with Crippen LogP contribution in [-0.4, -0.2) is 22.8 Å². The molecule has 0 bridgehead atoms. The van der Waals surface area contributed by atoms with Gasteiger partial charge in [0.1, 0.15) is 11.8 Å². The van der Waals surface area contributed by atoms with Crippen molar-refractivity contribution in [2.75, 3.05) is 4.90 Å². The van der Waals surface area contributed by atoms with Gasteiger partial charge in [-0.05, 0) is 41.5 Å². The van der Waals surface area contributed by atoms with E-state index in [2.05, 4.69) is 10.3 Å². The number of nitrogens with one attached hydrogen (secondary N) is 1. The van der Waals surface area contributed by atoms with Crippen molar-refractivity contribution in [2.24, 2.45) is 0 Å². The van der Waals surface area contributed by atoms with E-state index in [1.165, 1.54) is 30.2 Å². The molecule has 2 amide bonds. The van der Waals surface area contributed by atoms with Crippen LogP contribution >= 0.6 is 0 Å². The Morgan fingerprint density at radius 2 is 2.03 bits per heavy atom. The first-order chi connectivity index (χ1) is 14.5. The summed E-state index contributed by atoms with van der Waals surface area (Å²) in [5.41, 5.74) is 2.30. The van der Waals surface area contributed by atoms with Gasteiger partial charge in [-0.2, -0.15) is 0 Å². The van der Waals surface area contributed by atoms with Crippen molar-refractivity contribution in [3.63, 3.8) is 0 Å². The van der Waals surface area contributed by atoms with E-state index in [0.717, 1.165) is 11.3 Å². The highest BCUT2D eigenvalue weighted by Gasteiger charge is 2.36. The Hall–Kier alpha value is -3.74. The molecule has 0 saturated carbocycles. The van der Waals surface area contributed by atoms with E-state index >= 15 is 0 Å². The van der Waals surface area contributed by atoms with E-state index in [4.69, 9.17) is 4.74 Å². The topological polar surface area (TPSA) is 71.5 Å². The van der Waals surface area contributed by atoms with Gasteiger partial charge in [-0.25, -0.2) is 4.39 Å². The molecule has 1 N–H and O–H groups in total. The number of carbonyl (C=O) groups excluding carboxylic acids is 2. The number of anilines is 1. The largest absolute Gasteiger partial charge is 0.453 e. The molecule has 0 unspecified atom stereocenters. The molecular formula is C23H20FN3O3. The molecular weight excluding hydrogens is 385 g/mol. The van der Waals surface area contributed by atoms with Gasteiger partial charge < -0.3 is 10.1 Å². The van der Waals surface area contributed by atoms with Crippen LogP contribution in [-0.2, 0) is 22.6 Å². The molecule has 7 heteroatoms. The predicted molar refractivity (Wildman–Crippen MR) is 110 cm³/mol. The molecule has 0 fully saturated rings. The molecule has 0 saturated heterocycles. The summed E-state index contributed by atoms with van der Waals surface area (Å²) in [6, 6.07) is 14.7. The molecule has 0 aliphatic carbocycles. The molecule has 6 nitrogen and oxygen atoms in total. The fourth-order valence-corrected chi connectivity index (χ4v) is 3.56. The first kappa shape index (κ1) is 19.6. The Morgan fingerprint density at radius 1 is 1.20 bits per heavy atom. The van der Waals surface area contributed by atoms with Crippen LogP contribution in [0.25, 0.3) is 0 Å². The van der Waals surface area contributed by atoms with Crippen molar-refractivity contribution < 1.29 is 18.7 Å². The molecule has 2 aromatic carbocycles. The zero-order valence-corrected chi connectivity index (χ0v) is 16.3. The SMILES string of the molecule is CC(=O)N1c2ccccc2C[C@H]1C(=O)NCc1ccc(Oc2cccnc2)c(F)c1. The average molecular weight is 405 g/mol. The van der Waals surface area contributed by atoms with Gasteiger partial charge in [0.25, 0.3) is 0 Å². The lowest BCUT2D eigenvalue weighted by molar-refractivity contribution is -0.125. The Balaban J connectivity index is 1.42. The molecule has 1 aliphatic heterocycles. The van der Waals surface area contributed by atoms with E-state index in [1.807, 2.05) is 24.3 Å². The number of fused-ring (bicyclic) bond motifs is 1. The fraction of sp³-hybridized carbons (Fsp3) is 0.174. The number of halogens is 1. The normalized spacial score (nSPS) is 14.9. The van der Waals surface area contributed by atoms with Crippen molar-refractivity contribution in [3.8, 4) is 11.5 Å². The van der Waals surface area contributed by atoms with Gasteiger partial charge in [0.05, 0.1) is 6.20 Å². The number of ether oxygens (including phenoxy) is 1. The van der Waals surface area contributed by atoms with Crippen LogP contribution in [0.3, 0.4) is 0 Å². The van der Waals surface area contributed by atoms with Crippen LogP contribution < -0.4 is 15.0 Å². The first-order valence-electron chi connectivity index (χ1n) is 9.54. The molecule has 1 aliphatic rings. The zero-order chi connectivity index (χ0) is 21.1. The smallest absolute Gasteiger partial charge is 0.243 e. The summed E-state index contributed by atoms with van der Waals surface area (Å²) in [4.78, 5) is 30.3. The number of hydrogen-bond donors (Lipinski definition) is 1. The number of pyridine rings is 1. The molecule has 0 radical (unpaired) electrons. The molecule has 30 heavy (non-hydrogen) atoms. The lowest BCUT2D eigenvalue weighted by atomic mass is 10.1. The predicted octanol–water partition coefficient (Wildman–Crippen LogP) is 3.61. The maximum absolute atomic E-state index is 14.4. The van der Waals surface area contributed by atoms with Crippen molar-refractivity contribution in [1.82, 2.24) is 10.3 Å². The van der Waals surface area contributed by atoms with E-state index in [9.17, 15) is 14.0 Å². The third-order valence-electron chi connectivity index (χ3n) is 4.94. The second-order valence-electron chi connectivity index (χ2n) is 7.01. The summed E-state index contributed by atoms with van der Waals surface area (Å²) in [6.45, 7) is 1.58. The number of para-hydroxylation sites is 1. The molecule has 3 aromatic rings. The van der Waals surface area contributed by atoms with E-state index in [-0.39, 0.29) is 24.1 Å². The van der Waals surface area contributed by atoms with Crippen molar-refractivity contribution in [2.45, 2.75) is 25.9 Å². The number of carbonyl (C=O) groups is 2. The minimum atomic E-state index is -0.613. The lowest BCUT2D eigenvalue weighted by Gasteiger charge is -2.23. The van der Waals surface area contributed by atoms with Crippen LogP contribution in [0.4, 0.5) is 10.1 Å². The van der Waals surface area contributed by atoms with Crippen molar-refractivity contribution in [3.05, 3.63) is 83.9 Å². The van der Waals surface area contributed by atoms with Crippen LogP contribution in [0.15, 0.2) is 67.0 Å². The summed E-state index contributed by atoms with van der Waals surface area (Å²) in [6.07, 6.45) is 3.55. The standard InChI is InChI=1S/C23H20FN3O3/c1-15(28)27-20-7-3-2-5-17(20)12-21(27)23(29)26-13-16-8-9-22(19(24)11-16)30-18-6-4-10-25-14-18/h2-11,14,21H,12-13H2,1H3,(H,26,29)/t21-/m0/s1. The van der Waals surface area contributed by atoms with E-state index in [1.54, 1.807) is 24.4 Å². The Bertz CT molecular complexity index is 1090. The van der Waals surface area contributed by atoms with Crippen LogP contribution in [0.2, 0.25) is 0 Å². The van der Waals surface area contributed by atoms with Crippen molar-refractivity contribution >= 4 is 17.5 Å². The van der Waals surface area contributed by atoms with Gasteiger partial charge in [-0.15, -0.1) is 0 Å². The Labute approximate surface area is 173 Å². The highest BCUT2D eigenvalue weighted by molar-refractivity contribution is 6.02. The summed E-state index contributed by atoms with van der Waals surface area (Å²) < 4.78 is 19.9. The van der Waals surface area contributed by atoms with Gasteiger partial charge in [-0.3, -0.25) is 19.5 Å². The molecule has 152 valence electrons. The molecule has 1 atom stereocenters. The van der Waals surface area contributed by atoms with Gasteiger partial charge in [0, 0.05) is 31.8 Å².